The molecule has 60 heavy (non-hydrogen) atoms. The highest BCUT2D eigenvalue weighted by Crippen LogP contribution is 2.27. The number of likely N-dealkylation sites (N-methyl/N-ethyl adjacent to an activating group) is 1. The molecule has 3 saturated heterocycles. The number of fused-ring (bicyclic) bond motifs is 2. The number of rotatable bonds is 6. The molecule has 4 heterocycles. The third-order valence-corrected chi connectivity index (χ3v) is 11.4. The average molecular weight is 826 g/mol. The molecule has 0 unspecified atom stereocenters. The number of pyridine rings is 1. The molecule has 0 radical (unpaired) electrons. The van der Waals surface area contributed by atoms with Crippen LogP contribution in [0.4, 0.5) is 0 Å². The second-order valence-corrected chi connectivity index (χ2v) is 15.4. The van der Waals surface area contributed by atoms with Crippen molar-refractivity contribution in [2.24, 2.45) is 0 Å². The Kier molecular flexibility index (Phi) is 13.8. The highest BCUT2D eigenvalue weighted by Gasteiger charge is 2.45. The van der Waals surface area contributed by atoms with E-state index in [0.29, 0.717) is 6.42 Å². The smallest absolute Gasteiger partial charge is 0.333 e. The number of aromatic hydroxyl groups is 1. The Bertz CT molecular complexity index is 2070. The number of hydrogen-bond donors (Lipinski definition) is 5. The highest BCUT2D eigenvalue weighted by atomic mass is 16.5. The van der Waals surface area contributed by atoms with Crippen molar-refractivity contribution in [2.45, 2.75) is 101 Å². The summed E-state index contributed by atoms with van der Waals surface area (Å²) in [7, 11) is 1.49. The van der Waals surface area contributed by atoms with Gasteiger partial charge < -0.3 is 45.6 Å². The third kappa shape index (κ3) is 9.57. The van der Waals surface area contributed by atoms with Crippen LogP contribution in [0.25, 0.3) is 0 Å². The van der Waals surface area contributed by atoms with Gasteiger partial charge in [-0.1, -0.05) is 67.6 Å². The first kappa shape index (κ1) is 43.2. The first-order valence-electron chi connectivity index (χ1n) is 20.2. The second kappa shape index (κ2) is 19.1. The lowest BCUT2D eigenvalue weighted by Crippen LogP contribution is -2.61. The summed E-state index contributed by atoms with van der Waals surface area (Å²) in [5, 5.41) is 29.1. The molecule has 1 aromatic heterocycles. The number of piperidine rings is 1. The predicted molar refractivity (Wildman–Crippen MR) is 214 cm³/mol. The number of benzene rings is 2. The third-order valence-electron chi connectivity index (χ3n) is 11.4. The van der Waals surface area contributed by atoms with Crippen molar-refractivity contribution < 1.29 is 48.5 Å². The quantitative estimate of drug-likeness (QED) is 0.220. The van der Waals surface area contributed by atoms with Crippen LogP contribution in [0, 0.1) is 0 Å². The van der Waals surface area contributed by atoms with Gasteiger partial charge in [0.1, 0.15) is 42.1 Å². The van der Waals surface area contributed by atoms with E-state index in [1.54, 1.807) is 49.4 Å². The van der Waals surface area contributed by atoms with Gasteiger partial charge in [-0.3, -0.25) is 28.8 Å². The summed E-state index contributed by atoms with van der Waals surface area (Å²) in [6.45, 7) is 3.16. The number of hydrogen-bond acceptors (Lipinski definition) is 11. The van der Waals surface area contributed by atoms with Crippen LogP contribution in [0.3, 0.4) is 0 Å². The first-order chi connectivity index (χ1) is 28.8. The topological polar surface area (TPSA) is 228 Å². The van der Waals surface area contributed by atoms with Crippen LogP contribution in [0.1, 0.15) is 73.6 Å². The Morgan fingerprint density at radius 2 is 1.53 bits per heavy atom. The number of ether oxygens (including phenoxy) is 1. The number of aromatic nitrogens is 1. The van der Waals surface area contributed by atoms with Crippen LogP contribution in [0.15, 0.2) is 79.0 Å². The van der Waals surface area contributed by atoms with Crippen molar-refractivity contribution in [3.8, 4) is 5.75 Å². The predicted octanol–water partition coefficient (Wildman–Crippen LogP) is 0.996. The molecule has 0 spiro atoms. The van der Waals surface area contributed by atoms with Gasteiger partial charge >= 0.3 is 5.97 Å². The van der Waals surface area contributed by atoms with E-state index in [-0.39, 0.29) is 50.8 Å². The van der Waals surface area contributed by atoms with Gasteiger partial charge in [0.2, 0.25) is 29.5 Å². The van der Waals surface area contributed by atoms with Crippen LogP contribution in [0.5, 0.6) is 5.75 Å². The van der Waals surface area contributed by atoms with E-state index in [1.807, 2.05) is 18.2 Å². The molecule has 6 amide bonds. The maximum Gasteiger partial charge on any atom is 0.333 e. The lowest BCUT2D eigenvalue weighted by atomic mass is 9.95. The van der Waals surface area contributed by atoms with Crippen LogP contribution < -0.4 is 16.0 Å². The summed E-state index contributed by atoms with van der Waals surface area (Å²) in [4.78, 5) is 108. The summed E-state index contributed by atoms with van der Waals surface area (Å²) in [5.41, 5.74) is 0.607. The Morgan fingerprint density at radius 3 is 2.22 bits per heavy atom. The molecule has 5 N–H and O–H groups in total. The van der Waals surface area contributed by atoms with Crippen LogP contribution >= 0.6 is 0 Å². The molecule has 318 valence electrons. The monoisotopic (exact) mass is 825 g/mol. The fourth-order valence-electron chi connectivity index (χ4n) is 8.01. The standard InChI is InChI=1S/C43H51N7O10/c1-4-29-40(56)49-21-12-17-30(49)41(57)48(3)32(23-26-13-7-5-8-14-26)42(58)50-22-19-28(51)24-31(50)37(53)47-35(27-15-9-6-10-16-27)43(59)60-25(2)34(38(54)45-29)46-39(55)36-33(52)18-11-20-44-36/h5-11,13-16,18,20,25,28-32,34-35,51-52H,4,12,17,19,21-24H2,1-3H3,(H,45,54)(H,46,55)(H,47,53)/t25-,28+,29-,30+,31+,32+,34+,35+/m1/s1. The number of cyclic esters (lactones) is 1. The summed E-state index contributed by atoms with van der Waals surface area (Å²) >= 11 is 0. The number of aliphatic hydroxyl groups excluding tert-OH is 1. The molecule has 17 nitrogen and oxygen atoms in total. The van der Waals surface area contributed by atoms with E-state index in [1.165, 1.54) is 47.0 Å². The Labute approximate surface area is 347 Å². The fraction of sp³-hybridized carbons (Fsp3) is 0.442. The summed E-state index contributed by atoms with van der Waals surface area (Å²) in [6, 6.07) is 12.0. The van der Waals surface area contributed by atoms with Gasteiger partial charge in [0.15, 0.2) is 11.7 Å². The number of aliphatic hydroxyl groups is 1. The van der Waals surface area contributed by atoms with E-state index in [4.69, 9.17) is 4.74 Å². The molecule has 8 atom stereocenters. The van der Waals surface area contributed by atoms with Crippen molar-refractivity contribution in [3.63, 3.8) is 0 Å². The van der Waals surface area contributed by atoms with Gasteiger partial charge in [0.05, 0.1) is 6.10 Å². The maximum atomic E-state index is 14.8. The molecular weight excluding hydrogens is 775 g/mol. The Balaban J connectivity index is 1.43. The number of carbonyl (C=O) groups excluding carboxylic acids is 7. The SMILES string of the molecule is CC[C@H]1NC(=O)[C@@H](NC(=O)c2ncccc2O)[C@@H](C)OC(=O)[C@H](c2ccccc2)NC(=O)[C@@H]2C[C@@H](O)CCN2C(=O)[C@H](Cc2ccccc2)N(C)C(=O)[C@@H]2CCCN2C1=O. The second-order valence-electron chi connectivity index (χ2n) is 15.4. The lowest BCUT2D eigenvalue weighted by Gasteiger charge is -2.41. The molecule has 0 saturated carbocycles. The molecule has 3 aliphatic heterocycles. The minimum absolute atomic E-state index is 0.0317. The van der Waals surface area contributed by atoms with Crippen LogP contribution in [-0.4, -0.2) is 134 Å². The minimum Gasteiger partial charge on any atom is -0.505 e. The van der Waals surface area contributed by atoms with Gasteiger partial charge in [0, 0.05) is 39.2 Å². The molecule has 0 aliphatic carbocycles. The molecule has 2 aromatic carbocycles. The van der Waals surface area contributed by atoms with E-state index in [2.05, 4.69) is 20.9 Å². The Hall–Kier alpha value is -6.36. The van der Waals surface area contributed by atoms with E-state index >= 15 is 0 Å². The molecule has 3 aliphatic rings. The zero-order valence-corrected chi connectivity index (χ0v) is 33.7. The zero-order chi connectivity index (χ0) is 43.1. The first-order valence-corrected chi connectivity index (χ1v) is 20.2. The highest BCUT2D eigenvalue weighted by molar-refractivity contribution is 6.00. The van der Waals surface area contributed by atoms with Gasteiger partial charge in [0.25, 0.3) is 5.91 Å². The number of carbonyl (C=O) groups is 7. The summed E-state index contributed by atoms with van der Waals surface area (Å²) < 4.78 is 5.85. The van der Waals surface area contributed by atoms with Gasteiger partial charge in [-0.05, 0) is 55.9 Å². The lowest BCUT2D eigenvalue weighted by molar-refractivity contribution is -0.157. The largest absolute Gasteiger partial charge is 0.505 e. The van der Waals surface area contributed by atoms with Crippen molar-refractivity contribution in [3.05, 3.63) is 95.8 Å². The maximum absolute atomic E-state index is 14.8. The van der Waals surface area contributed by atoms with Crippen molar-refractivity contribution in [1.29, 1.82) is 0 Å². The number of esters is 1. The van der Waals surface area contributed by atoms with Gasteiger partial charge in [-0.25, -0.2) is 9.78 Å². The molecule has 17 heteroatoms. The van der Waals surface area contributed by atoms with E-state index in [0.717, 1.165) is 5.56 Å². The summed E-state index contributed by atoms with van der Waals surface area (Å²) in [6.07, 6.45) is -0.272. The minimum atomic E-state index is -1.67. The van der Waals surface area contributed by atoms with Crippen molar-refractivity contribution >= 4 is 41.4 Å². The van der Waals surface area contributed by atoms with Crippen LogP contribution in [-0.2, 0) is 39.9 Å². The van der Waals surface area contributed by atoms with Gasteiger partial charge in [-0.2, -0.15) is 0 Å². The molecule has 6 rings (SSSR count). The molecular formula is C43H51N7O10. The van der Waals surface area contributed by atoms with Crippen molar-refractivity contribution in [1.82, 2.24) is 35.6 Å². The molecule has 3 fully saturated rings. The van der Waals surface area contributed by atoms with Gasteiger partial charge in [-0.15, -0.1) is 0 Å². The summed E-state index contributed by atoms with van der Waals surface area (Å²) in [5.74, 6) is -5.83. The molecule has 3 aromatic rings. The van der Waals surface area contributed by atoms with E-state index in [9.17, 15) is 43.8 Å². The number of nitrogens with one attached hydrogen (secondary N) is 3. The normalized spacial score (nSPS) is 27.4. The van der Waals surface area contributed by atoms with Crippen molar-refractivity contribution in [2.75, 3.05) is 20.1 Å². The fourth-order valence-corrected chi connectivity index (χ4v) is 8.01. The van der Waals surface area contributed by atoms with Crippen LogP contribution in [0.2, 0.25) is 0 Å². The average Bonchev–Trinajstić information content (AvgIpc) is 3.75. The number of amides is 6. The molecule has 0 bridgehead atoms. The van der Waals surface area contributed by atoms with E-state index < -0.39 is 101 Å². The zero-order valence-electron chi connectivity index (χ0n) is 33.7. The number of nitrogens with zero attached hydrogens (tertiary/aromatic N) is 4. The Morgan fingerprint density at radius 1 is 0.850 bits per heavy atom.